The number of aryl methyl sites for hydroxylation is 2. The molecule has 4 aromatic rings. The zero-order valence-corrected chi connectivity index (χ0v) is 18.3. The van der Waals surface area contributed by atoms with Gasteiger partial charge in [-0.3, -0.25) is 4.79 Å². The molecule has 0 unspecified atom stereocenters. The number of carbonyl (C=O) groups excluding carboxylic acids is 1. The van der Waals surface area contributed by atoms with Gasteiger partial charge in [0.1, 0.15) is 6.54 Å². The second kappa shape index (κ2) is 8.40. The number of benzene rings is 3. The number of rotatable bonds is 6. The lowest BCUT2D eigenvalue weighted by atomic mass is 10.1. The highest BCUT2D eigenvalue weighted by atomic mass is 32.2. The van der Waals surface area contributed by atoms with Gasteiger partial charge in [-0.2, -0.15) is 0 Å². The lowest BCUT2D eigenvalue weighted by Crippen LogP contribution is -2.18. The van der Waals surface area contributed by atoms with Gasteiger partial charge in [0.25, 0.3) is 0 Å². The average molecular weight is 433 g/mol. The second-order valence-corrected chi connectivity index (χ2v) is 9.70. The molecule has 0 saturated heterocycles. The van der Waals surface area contributed by atoms with Gasteiger partial charge in [0, 0.05) is 22.8 Å². The van der Waals surface area contributed by atoms with Gasteiger partial charge in [-0.1, -0.05) is 54.6 Å². The molecule has 0 saturated carbocycles. The van der Waals surface area contributed by atoms with Gasteiger partial charge in [-0.25, -0.2) is 8.42 Å². The molecule has 0 aliphatic rings. The molecule has 0 bridgehead atoms. The van der Waals surface area contributed by atoms with Crippen LogP contribution in [0.25, 0.3) is 10.9 Å². The first-order valence-electron chi connectivity index (χ1n) is 10.1. The Labute approximate surface area is 182 Å². The van der Waals surface area contributed by atoms with E-state index in [1.807, 2.05) is 80.6 Å². The molecule has 0 atom stereocenters. The lowest BCUT2D eigenvalue weighted by Gasteiger charge is -2.08. The quantitative estimate of drug-likeness (QED) is 0.473. The molecule has 158 valence electrons. The van der Waals surface area contributed by atoms with Crippen molar-refractivity contribution in [1.82, 2.24) is 4.57 Å². The fraction of sp³-hybridized carbons (Fsp3) is 0.160. The number of hydrogen-bond acceptors (Lipinski definition) is 3. The summed E-state index contributed by atoms with van der Waals surface area (Å²) in [5, 5.41) is 3.51. The van der Waals surface area contributed by atoms with Crippen LogP contribution in [0.5, 0.6) is 0 Å². The fourth-order valence-electron chi connectivity index (χ4n) is 3.72. The predicted octanol–water partition coefficient (Wildman–Crippen LogP) is 4.87. The van der Waals surface area contributed by atoms with Crippen LogP contribution in [0.3, 0.4) is 0 Å². The third kappa shape index (κ3) is 4.54. The molecule has 0 radical (unpaired) electrons. The number of fused-ring (bicyclic) bond motifs is 1. The van der Waals surface area contributed by atoms with E-state index < -0.39 is 9.84 Å². The molecule has 1 heterocycles. The Hall–Kier alpha value is -3.38. The van der Waals surface area contributed by atoms with Crippen molar-refractivity contribution in [3.05, 3.63) is 95.7 Å². The van der Waals surface area contributed by atoms with Crippen LogP contribution >= 0.6 is 0 Å². The van der Waals surface area contributed by atoms with Crippen molar-refractivity contribution in [2.75, 3.05) is 5.32 Å². The normalized spacial score (nSPS) is 11.5. The minimum absolute atomic E-state index is 0.0222. The van der Waals surface area contributed by atoms with Crippen molar-refractivity contribution in [2.24, 2.45) is 0 Å². The number of para-hydroxylation sites is 1. The van der Waals surface area contributed by atoms with Crippen LogP contribution in [0.4, 0.5) is 5.69 Å². The number of nitrogens with one attached hydrogen (secondary N) is 1. The maximum Gasteiger partial charge on any atom is 0.244 e. The van der Waals surface area contributed by atoms with Crippen molar-refractivity contribution in [3.8, 4) is 0 Å². The van der Waals surface area contributed by atoms with Crippen molar-refractivity contribution >= 4 is 32.3 Å². The summed E-state index contributed by atoms with van der Waals surface area (Å²) in [4.78, 5) is 12.9. The summed E-state index contributed by atoms with van der Waals surface area (Å²) in [5.41, 5.74) is 4.19. The first-order valence-corrected chi connectivity index (χ1v) is 11.7. The fourth-order valence-corrected chi connectivity index (χ4v) is 5.41. The molecule has 1 aromatic heterocycles. The van der Waals surface area contributed by atoms with Crippen LogP contribution < -0.4 is 5.32 Å². The molecule has 1 amide bonds. The Bertz CT molecular complexity index is 1370. The Morgan fingerprint density at radius 1 is 0.935 bits per heavy atom. The molecule has 6 heteroatoms. The summed E-state index contributed by atoms with van der Waals surface area (Å²) < 4.78 is 28.3. The van der Waals surface area contributed by atoms with E-state index in [1.54, 1.807) is 16.8 Å². The van der Waals surface area contributed by atoms with Crippen LogP contribution in [0.15, 0.2) is 83.9 Å². The lowest BCUT2D eigenvalue weighted by molar-refractivity contribution is -0.116. The minimum Gasteiger partial charge on any atom is -0.337 e. The first kappa shape index (κ1) is 20.9. The average Bonchev–Trinajstić information content (AvgIpc) is 3.09. The van der Waals surface area contributed by atoms with E-state index in [9.17, 15) is 13.2 Å². The van der Waals surface area contributed by atoms with Gasteiger partial charge in [0.2, 0.25) is 5.91 Å². The SMILES string of the molecule is Cc1cccc(NC(=O)Cn2cc(S(=O)(=O)Cc3ccccc3C)c3ccccc32)c1. The third-order valence-corrected chi connectivity index (χ3v) is 7.00. The zero-order chi connectivity index (χ0) is 22.0. The molecule has 3 aromatic carbocycles. The summed E-state index contributed by atoms with van der Waals surface area (Å²) in [5.74, 6) is -0.294. The summed E-state index contributed by atoms with van der Waals surface area (Å²) in [6, 6.07) is 22.3. The van der Waals surface area contributed by atoms with Crippen LogP contribution in [0.1, 0.15) is 16.7 Å². The Morgan fingerprint density at radius 3 is 2.45 bits per heavy atom. The van der Waals surface area contributed by atoms with Crippen LogP contribution in [0.2, 0.25) is 0 Å². The highest BCUT2D eigenvalue weighted by molar-refractivity contribution is 7.90. The molecule has 0 fully saturated rings. The van der Waals surface area contributed by atoms with Crippen LogP contribution in [0, 0.1) is 13.8 Å². The maximum atomic E-state index is 13.3. The number of carbonyl (C=O) groups is 1. The standard InChI is InChI=1S/C25H24N2O3S/c1-18-8-7-11-21(14-18)26-25(28)16-27-15-24(22-12-5-6-13-23(22)27)31(29,30)17-20-10-4-3-9-19(20)2/h3-15H,16-17H2,1-2H3,(H,26,28). The molecule has 1 N–H and O–H groups in total. The van der Waals surface area contributed by atoms with Gasteiger partial charge in [-0.15, -0.1) is 0 Å². The van der Waals surface area contributed by atoms with Gasteiger partial charge in [0.05, 0.1) is 10.6 Å². The van der Waals surface area contributed by atoms with Crippen molar-refractivity contribution < 1.29 is 13.2 Å². The molecule has 0 aliphatic carbocycles. The zero-order valence-electron chi connectivity index (χ0n) is 17.5. The Morgan fingerprint density at radius 2 is 1.68 bits per heavy atom. The summed E-state index contributed by atoms with van der Waals surface area (Å²) >= 11 is 0. The molecule has 4 rings (SSSR count). The number of hydrogen-bond donors (Lipinski definition) is 1. The van der Waals surface area contributed by atoms with Crippen molar-refractivity contribution in [1.29, 1.82) is 0 Å². The summed E-state index contributed by atoms with van der Waals surface area (Å²) in [6.07, 6.45) is 1.58. The van der Waals surface area contributed by atoms with Gasteiger partial charge in [0.15, 0.2) is 9.84 Å². The molecular formula is C25H24N2O3S. The predicted molar refractivity (Wildman–Crippen MR) is 124 cm³/mol. The van der Waals surface area contributed by atoms with Crippen LogP contribution in [-0.4, -0.2) is 18.9 Å². The molecular weight excluding hydrogens is 408 g/mol. The first-order chi connectivity index (χ1) is 14.8. The number of amides is 1. The summed E-state index contributed by atoms with van der Waals surface area (Å²) in [6.45, 7) is 3.89. The minimum atomic E-state index is -3.59. The van der Waals surface area contributed by atoms with E-state index in [-0.39, 0.29) is 23.1 Å². The Kier molecular flexibility index (Phi) is 5.65. The van der Waals surface area contributed by atoms with E-state index in [0.717, 1.165) is 16.7 Å². The topological polar surface area (TPSA) is 68.2 Å². The summed E-state index contributed by atoms with van der Waals surface area (Å²) in [7, 11) is -3.59. The van der Waals surface area contributed by atoms with E-state index in [0.29, 0.717) is 16.6 Å². The number of anilines is 1. The molecule has 31 heavy (non-hydrogen) atoms. The van der Waals surface area contributed by atoms with E-state index in [2.05, 4.69) is 5.32 Å². The van der Waals surface area contributed by atoms with Crippen LogP contribution in [-0.2, 0) is 26.9 Å². The monoisotopic (exact) mass is 432 g/mol. The van der Waals surface area contributed by atoms with Gasteiger partial charge >= 0.3 is 0 Å². The van der Waals surface area contributed by atoms with E-state index in [4.69, 9.17) is 0 Å². The molecule has 0 spiro atoms. The van der Waals surface area contributed by atoms with Crippen molar-refractivity contribution in [3.63, 3.8) is 0 Å². The van der Waals surface area contributed by atoms with Gasteiger partial charge < -0.3 is 9.88 Å². The smallest absolute Gasteiger partial charge is 0.244 e. The number of nitrogens with zero attached hydrogens (tertiary/aromatic N) is 1. The largest absolute Gasteiger partial charge is 0.337 e. The van der Waals surface area contributed by atoms with E-state index >= 15 is 0 Å². The van der Waals surface area contributed by atoms with Gasteiger partial charge in [-0.05, 0) is 48.7 Å². The second-order valence-electron chi connectivity index (χ2n) is 7.74. The third-order valence-electron chi connectivity index (χ3n) is 5.31. The number of sulfone groups is 1. The highest BCUT2D eigenvalue weighted by Crippen LogP contribution is 2.28. The van der Waals surface area contributed by atoms with E-state index in [1.165, 1.54) is 0 Å². The molecule has 0 aliphatic heterocycles. The Balaban J connectivity index is 1.66. The van der Waals surface area contributed by atoms with Crippen molar-refractivity contribution in [2.45, 2.75) is 31.0 Å². The highest BCUT2D eigenvalue weighted by Gasteiger charge is 2.23. The number of aromatic nitrogens is 1. The maximum absolute atomic E-state index is 13.3. The molecule has 5 nitrogen and oxygen atoms in total.